The molecule has 0 spiro atoms. The Labute approximate surface area is 119 Å². The first-order valence-electron chi connectivity index (χ1n) is 5.64. The van der Waals surface area contributed by atoms with E-state index in [2.05, 4.69) is 22.6 Å². The third-order valence-electron chi connectivity index (χ3n) is 2.80. The van der Waals surface area contributed by atoms with Gasteiger partial charge >= 0.3 is 5.97 Å². The van der Waals surface area contributed by atoms with Crippen molar-refractivity contribution in [2.75, 3.05) is 18.6 Å². The second-order valence-electron chi connectivity index (χ2n) is 4.00. The number of benzene rings is 1. The van der Waals surface area contributed by atoms with Crippen molar-refractivity contribution < 1.29 is 14.6 Å². The van der Waals surface area contributed by atoms with Gasteiger partial charge in [-0.3, -0.25) is 0 Å². The largest absolute Gasteiger partial charge is 0.463 e. The van der Waals surface area contributed by atoms with Crippen LogP contribution in [0.2, 0.25) is 0 Å². The maximum absolute atomic E-state index is 11.8. The number of ether oxygens (including phenoxy) is 1. The van der Waals surface area contributed by atoms with E-state index in [-0.39, 0.29) is 5.57 Å². The fourth-order valence-corrected chi connectivity index (χ4v) is 2.91. The molecule has 0 aromatic heterocycles. The van der Waals surface area contributed by atoms with Gasteiger partial charge in [0.1, 0.15) is 6.10 Å². The zero-order valence-electron chi connectivity index (χ0n) is 10.2. The highest BCUT2D eigenvalue weighted by Crippen LogP contribution is 2.38. The van der Waals surface area contributed by atoms with Gasteiger partial charge in [0.2, 0.25) is 0 Å². The number of hydrogen-bond donors (Lipinski definition) is 1. The molecule has 96 valence electrons. The minimum absolute atomic E-state index is 0.272. The first-order valence-corrected chi connectivity index (χ1v) is 6.72. The number of nitrogens with zero attached hydrogens (tertiary/aromatic N) is 1. The standard InChI is InChI=1S/C13H14INO3/c1-3-18-13(17)9-7-15(2)11-8(12(9)16)5-4-6-10(11)14/h4-7,12,16H,3H2,1-2H3. The Morgan fingerprint density at radius 1 is 1.56 bits per heavy atom. The predicted molar refractivity (Wildman–Crippen MR) is 77.2 cm³/mol. The highest BCUT2D eigenvalue weighted by Gasteiger charge is 2.30. The maximum atomic E-state index is 11.8. The van der Waals surface area contributed by atoms with Gasteiger partial charge in [-0.15, -0.1) is 0 Å². The van der Waals surface area contributed by atoms with E-state index < -0.39 is 12.1 Å². The lowest BCUT2D eigenvalue weighted by Gasteiger charge is -2.29. The third-order valence-corrected chi connectivity index (χ3v) is 3.67. The van der Waals surface area contributed by atoms with Gasteiger partial charge in [0.15, 0.2) is 0 Å². The van der Waals surface area contributed by atoms with E-state index in [0.717, 1.165) is 14.8 Å². The molecule has 1 aromatic rings. The SMILES string of the molecule is CCOC(=O)C1=CN(C)c2c(I)cccc2C1O. The average Bonchev–Trinajstić information content (AvgIpc) is 2.33. The van der Waals surface area contributed by atoms with Crippen LogP contribution in [0.5, 0.6) is 0 Å². The first kappa shape index (κ1) is 13.4. The summed E-state index contributed by atoms with van der Waals surface area (Å²) in [7, 11) is 1.85. The lowest BCUT2D eigenvalue weighted by Crippen LogP contribution is -2.26. The molecule has 4 nitrogen and oxygen atoms in total. The summed E-state index contributed by atoms with van der Waals surface area (Å²) in [6.07, 6.45) is 0.706. The van der Waals surface area contributed by atoms with Crippen LogP contribution in [0.3, 0.4) is 0 Å². The van der Waals surface area contributed by atoms with Gasteiger partial charge in [0.25, 0.3) is 0 Å². The molecule has 1 aromatic carbocycles. The molecular formula is C13H14INO3. The van der Waals surface area contributed by atoms with Crippen LogP contribution in [-0.2, 0) is 9.53 Å². The molecule has 1 unspecified atom stereocenters. The lowest BCUT2D eigenvalue weighted by molar-refractivity contribution is -0.139. The van der Waals surface area contributed by atoms with Gasteiger partial charge in [-0.2, -0.15) is 0 Å². The van der Waals surface area contributed by atoms with E-state index in [1.54, 1.807) is 13.1 Å². The number of carbonyl (C=O) groups excluding carboxylic acids is 1. The molecule has 0 saturated heterocycles. The van der Waals surface area contributed by atoms with Crippen LogP contribution in [0.1, 0.15) is 18.6 Å². The number of carbonyl (C=O) groups is 1. The quantitative estimate of drug-likeness (QED) is 0.650. The number of halogens is 1. The number of esters is 1. The van der Waals surface area contributed by atoms with Crippen molar-refractivity contribution in [3.8, 4) is 0 Å². The van der Waals surface area contributed by atoms with Gasteiger partial charge in [-0.25, -0.2) is 4.79 Å². The lowest BCUT2D eigenvalue weighted by atomic mass is 9.97. The number of fused-ring (bicyclic) bond motifs is 1. The molecule has 1 heterocycles. The van der Waals surface area contributed by atoms with Crippen molar-refractivity contribution in [1.82, 2.24) is 0 Å². The van der Waals surface area contributed by atoms with Crippen LogP contribution in [0, 0.1) is 3.57 Å². The molecule has 0 bridgehead atoms. The molecule has 1 N–H and O–H groups in total. The van der Waals surface area contributed by atoms with Crippen molar-refractivity contribution in [2.24, 2.45) is 0 Å². The monoisotopic (exact) mass is 359 g/mol. The zero-order chi connectivity index (χ0) is 13.3. The number of rotatable bonds is 2. The number of para-hydroxylation sites is 1. The Bertz CT molecular complexity index is 513. The topological polar surface area (TPSA) is 49.8 Å². The second-order valence-corrected chi connectivity index (χ2v) is 5.16. The van der Waals surface area contributed by atoms with E-state index in [1.165, 1.54) is 0 Å². The van der Waals surface area contributed by atoms with Gasteiger partial charge in [-0.05, 0) is 35.6 Å². The highest BCUT2D eigenvalue weighted by molar-refractivity contribution is 14.1. The van der Waals surface area contributed by atoms with Crippen molar-refractivity contribution in [3.05, 3.63) is 39.1 Å². The summed E-state index contributed by atoms with van der Waals surface area (Å²) in [4.78, 5) is 13.6. The van der Waals surface area contributed by atoms with Gasteiger partial charge in [-0.1, -0.05) is 12.1 Å². The minimum atomic E-state index is -0.926. The van der Waals surface area contributed by atoms with E-state index in [0.29, 0.717) is 6.61 Å². The van der Waals surface area contributed by atoms with Gasteiger partial charge in [0.05, 0.1) is 17.9 Å². The zero-order valence-corrected chi connectivity index (χ0v) is 12.3. The molecule has 0 amide bonds. The molecule has 0 aliphatic carbocycles. The Morgan fingerprint density at radius 2 is 2.28 bits per heavy atom. The molecule has 0 fully saturated rings. The maximum Gasteiger partial charge on any atom is 0.338 e. The Balaban J connectivity index is 2.44. The summed E-state index contributed by atoms with van der Waals surface area (Å²) < 4.78 is 5.98. The van der Waals surface area contributed by atoms with Crippen LogP contribution in [-0.4, -0.2) is 24.7 Å². The number of aliphatic hydroxyl groups excluding tert-OH is 1. The Morgan fingerprint density at radius 3 is 2.94 bits per heavy atom. The van der Waals surface area contributed by atoms with E-state index >= 15 is 0 Å². The first-order chi connectivity index (χ1) is 8.56. The normalized spacial score (nSPS) is 18.1. The Hall–Kier alpha value is -1.08. The minimum Gasteiger partial charge on any atom is -0.463 e. The average molecular weight is 359 g/mol. The third kappa shape index (κ3) is 2.24. The van der Waals surface area contributed by atoms with Crippen LogP contribution < -0.4 is 4.90 Å². The van der Waals surface area contributed by atoms with Crippen molar-refractivity contribution in [2.45, 2.75) is 13.0 Å². The van der Waals surface area contributed by atoms with Crippen LogP contribution in [0.25, 0.3) is 0 Å². The van der Waals surface area contributed by atoms with Gasteiger partial charge < -0.3 is 14.7 Å². The molecular weight excluding hydrogens is 345 g/mol. The molecule has 18 heavy (non-hydrogen) atoms. The predicted octanol–water partition coefficient (Wildman–Crippen LogP) is 2.22. The molecule has 0 radical (unpaired) electrons. The number of anilines is 1. The smallest absolute Gasteiger partial charge is 0.338 e. The summed E-state index contributed by atoms with van der Waals surface area (Å²) in [5, 5.41) is 10.3. The summed E-state index contributed by atoms with van der Waals surface area (Å²) in [6.45, 7) is 2.04. The van der Waals surface area contributed by atoms with E-state index in [4.69, 9.17) is 4.74 Å². The van der Waals surface area contributed by atoms with Crippen LogP contribution in [0.15, 0.2) is 30.0 Å². The summed E-state index contributed by atoms with van der Waals surface area (Å²) in [6, 6.07) is 5.66. The fourth-order valence-electron chi connectivity index (χ4n) is 2.01. The second kappa shape index (κ2) is 5.27. The van der Waals surface area contributed by atoms with Crippen LogP contribution >= 0.6 is 22.6 Å². The number of aliphatic hydroxyl groups is 1. The molecule has 5 heteroatoms. The number of hydrogen-bond acceptors (Lipinski definition) is 4. The van der Waals surface area contributed by atoms with E-state index in [9.17, 15) is 9.90 Å². The van der Waals surface area contributed by atoms with Crippen molar-refractivity contribution in [1.29, 1.82) is 0 Å². The summed E-state index contributed by atoms with van der Waals surface area (Å²) >= 11 is 2.21. The molecule has 1 aliphatic heterocycles. The van der Waals surface area contributed by atoms with Crippen LogP contribution in [0.4, 0.5) is 5.69 Å². The van der Waals surface area contributed by atoms with E-state index in [1.807, 2.05) is 30.1 Å². The summed E-state index contributed by atoms with van der Waals surface area (Å²) in [5.41, 5.74) is 1.93. The van der Waals surface area contributed by atoms with Gasteiger partial charge in [0, 0.05) is 22.4 Å². The highest BCUT2D eigenvalue weighted by atomic mass is 127. The van der Waals surface area contributed by atoms with Crippen molar-refractivity contribution >= 4 is 34.2 Å². The van der Waals surface area contributed by atoms with Crippen molar-refractivity contribution in [3.63, 3.8) is 0 Å². The molecule has 1 atom stereocenters. The fraction of sp³-hybridized carbons (Fsp3) is 0.308. The Kier molecular flexibility index (Phi) is 3.91. The molecule has 0 saturated carbocycles. The molecule has 2 rings (SSSR count). The summed E-state index contributed by atoms with van der Waals surface area (Å²) in [5.74, 6) is -0.471. The molecule has 1 aliphatic rings.